The third-order valence-electron chi connectivity index (χ3n) is 3.57. The van der Waals surface area contributed by atoms with Crippen molar-refractivity contribution >= 4 is 11.0 Å². The van der Waals surface area contributed by atoms with E-state index in [1.165, 1.54) is 23.9 Å². The number of aromatic nitrogens is 2. The highest BCUT2D eigenvalue weighted by Gasteiger charge is 2.20. The van der Waals surface area contributed by atoms with Crippen molar-refractivity contribution in [3.8, 4) is 0 Å². The number of fused-ring (bicyclic) bond motifs is 1. The van der Waals surface area contributed by atoms with E-state index in [0.29, 0.717) is 12.0 Å². The molecule has 1 fully saturated rings. The van der Waals surface area contributed by atoms with Crippen molar-refractivity contribution in [3.05, 3.63) is 29.6 Å². The van der Waals surface area contributed by atoms with Gasteiger partial charge in [0, 0.05) is 0 Å². The van der Waals surface area contributed by atoms with Gasteiger partial charge in [-0.1, -0.05) is 26.0 Å². The number of rotatable bonds is 2. The van der Waals surface area contributed by atoms with Crippen LogP contribution >= 0.6 is 0 Å². The van der Waals surface area contributed by atoms with Crippen molar-refractivity contribution in [2.24, 2.45) is 0 Å². The summed E-state index contributed by atoms with van der Waals surface area (Å²) in [7, 11) is 0. The molecule has 3 heteroatoms. The van der Waals surface area contributed by atoms with Gasteiger partial charge in [-0.2, -0.15) is 0 Å². The zero-order valence-corrected chi connectivity index (χ0v) is 10.5. The third-order valence-corrected chi connectivity index (χ3v) is 3.57. The second kappa shape index (κ2) is 4.15. The molecule has 0 radical (unpaired) electrons. The zero-order valence-electron chi connectivity index (χ0n) is 10.5. The number of para-hydroxylation sites is 1. The first kappa shape index (κ1) is 10.8. The lowest BCUT2D eigenvalue weighted by Gasteiger charge is -2.05. The fourth-order valence-corrected chi connectivity index (χ4v) is 2.62. The Morgan fingerprint density at radius 3 is 2.94 bits per heavy atom. The monoisotopic (exact) mass is 229 g/mol. The summed E-state index contributed by atoms with van der Waals surface area (Å²) in [5.74, 6) is 1.62. The van der Waals surface area contributed by atoms with Crippen LogP contribution < -0.4 is 5.32 Å². The summed E-state index contributed by atoms with van der Waals surface area (Å²) in [6.07, 6.45) is 2.44. The van der Waals surface area contributed by atoms with Crippen LogP contribution in [0.15, 0.2) is 18.2 Å². The second-order valence-corrected chi connectivity index (χ2v) is 5.17. The van der Waals surface area contributed by atoms with E-state index in [9.17, 15) is 0 Å². The maximum absolute atomic E-state index is 4.80. The van der Waals surface area contributed by atoms with E-state index in [-0.39, 0.29) is 0 Å². The molecule has 1 aliphatic rings. The topological polar surface area (TPSA) is 40.7 Å². The van der Waals surface area contributed by atoms with Crippen molar-refractivity contribution in [3.63, 3.8) is 0 Å². The molecular weight excluding hydrogens is 210 g/mol. The summed E-state index contributed by atoms with van der Waals surface area (Å²) >= 11 is 0. The molecule has 0 aliphatic carbocycles. The van der Waals surface area contributed by atoms with Crippen molar-refractivity contribution in [1.82, 2.24) is 15.3 Å². The lowest BCUT2D eigenvalue weighted by atomic mass is 10.0. The Bertz CT molecular complexity index is 521. The SMILES string of the molecule is CC(C)c1cccc2[nH]c(C3CCCN3)nc12. The number of hydrogen-bond acceptors (Lipinski definition) is 2. The molecule has 3 nitrogen and oxygen atoms in total. The van der Waals surface area contributed by atoms with Gasteiger partial charge in [0.1, 0.15) is 5.82 Å². The Hall–Kier alpha value is -1.35. The highest BCUT2D eigenvalue weighted by atomic mass is 15.0. The van der Waals surface area contributed by atoms with Gasteiger partial charge < -0.3 is 10.3 Å². The molecule has 2 heterocycles. The van der Waals surface area contributed by atoms with Crippen LogP contribution in [-0.4, -0.2) is 16.5 Å². The molecular formula is C14H19N3. The Kier molecular flexibility index (Phi) is 2.63. The summed E-state index contributed by atoms with van der Waals surface area (Å²) in [5, 5.41) is 3.49. The quantitative estimate of drug-likeness (QED) is 0.830. The molecule has 2 N–H and O–H groups in total. The average Bonchev–Trinajstić information content (AvgIpc) is 2.96. The standard InChI is InChI=1S/C14H19N3/c1-9(2)10-5-3-6-11-13(10)17-14(16-11)12-7-4-8-15-12/h3,5-6,9,12,15H,4,7-8H2,1-2H3,(H,16,17). The Morgan fingerprint density at radius 1 is 1.35 bits per heavy atom. The molecule has 1 aromatic carbocycles. The van der Waals surface area contributed by atoms with E-state index in [2.05, 4.69) is 42.3 Å². The van der Waals surface area contributed by atoms with Gasteiger partial charge in [-0.3, -0.25) is 0 Å². The highest BCUT2D eigenvalue weighted by Crippen LogP contribution is 2.27. The van der Waals surface area contributed by atoms with Gasteiger partial charge in [0.15, 0.2) is 0 Å². The molecule has 1 unspecified atom stereocenters. The number of aromatic amines is 1. The second-order valence-electron chi connectivity index (χ2n) is 5.17. The first-order chi connectivity index (χ1) is 8.25. The first-order valence-electron chi connectivity index (χ1n) is 6.47. The molecule has 3 rings (SSSR count). The number of H-pyrrole nitrogens is 1. The van der Waals surface area contributed by atoms with Crippen LogP contribution in [0.2, 0.25) is 0 Å². The molecule has 1 aliphatic heterocycles. The van der Waals surface area contributed by atoms with E-state index in [1.54, 1.807) is 0 Å². The fourth-order valence-electron chi connectivity index (χ4n) is 2.62. The van der Waals surface area contributed by atoms with Crippen LogP contribution in [0.1, 0.15) is 50.0 Å². The van der Waals surface area contributed by atoms with Crippen molar-refractivity contribution < 1.29 is 0 Å². The van der Waals surface area contributed by atoms with E-state index < -0.39 is 0 Å². The number of benzene rings is 1. The van der Waals surface area contributed by atoms with Gasteiger partial charge in [-0.15, -0.1) is 0 Å². The lowest BCUT2D eigenvalue weighted by Crippen LogP contribution is -2.14. The number of nitrogens with zero attached hydrogens (tertiary/aromatic N) is 1. The first-order valence-corrected chi connectivity index (χ1v) is 6.47. The van der Waals surface area contributed by atoms with Crippen LogP contribution in [0, 0.1) is 0 Å². The molecule has 0 saturated carbocycles. The molecule has 2 aromatic rings. The van der Waals surface area contributed by atoms with Crippen molar-refractivity contribution in [2.45, 2.75) is 38.6 Å². The van der Waals surface area contributed by atoms with E-state index >= 15 is 0 Å². The van der Waals surface area contributed by atoms with E-state index in [0.717, 1.165) is 17.9 Å². The van der Waals surface area contributed by atoms with E-state index in [1.807, 2.05) is 0 Å². The minimum Gasteiger partial charge on any atom is -0.341 e. The largest absolute Gasteiger partial charge is 0.341 e. The molecule has 0 bridgehead atoms. The summed E-state index contributed by atoms with van der Waals surface area (Å²) in [6, 6.07) is 6.83. The van der Waals surface area contributed by atoms with Crippen LogP contribution in [0.25, 0.3) is 11.0 Å². The Balaban J connectivity index is 2.08. The molecule has 0 spiro atoms. The third kappa shape index (κ3) is 1.84. The van der Waals surface area contributed by atoms with Gasteiger partial charge in [-0.05, 0) is 36.9 Å². The van der Waals surface area contributed by atoms with Crippen LogP contribution in [0.4, 0.5) is 0 Å². The fraction of sp³-hybridized carbons (Fsp3) is 0.500. The highest BCUT2D eigenvalue weighted by molar-refractivity contribution is 5.79. The summed E-state index contributed by atoms with van der Waals surface area (Å²) in [6.45, 7) is 5.55. The number of hydrogen-bond donors (Lipinski definition) is 2. The van der Waals surface area contributed by atoms with Crippen molar-refractivity contribution in [1.29, 1.82) is 0 Å². The Morgan fingerprint density at radius 2 is 2.24 bits per heavy atom. The number of imidazole rings is 1. The van der Waals surface area contributed by atoms with Gasteiger partial charge in [0.2, 0.25) is 0 Å². The zero-order chi connectivity index (χ0) is 11.8. The maximum atomic E-state index is 4.80. The summed E-state index contributed by atoms with van der Waals surface area (Å²) in [5.41, 5.74) is 3.65. The predicted molar refractivity (Wildman–Crippen MR) is 70.2 cm³/mol. The van der Waals surface area contributed by atoms with Crippen molar-refractivity contribution in [2.75, 3.05) is 6.54 Å². The Labute approximate surface area is 102 Å². The molecule has 1 saturated heterocycles. The summed E-state index contributed by atoms with van der Waals surface area (Å²) in [4.78, 5) is 8.26. The molecule has 1 atom stereocenters. The van der Waals surface area contributed by atoms with Crippen LogP contribution in [0.5, 0.6) is 0 Å². The summed E-state index contributed by atoms with van der Waals surface area (Å²) < 4.78 is 0. The van der Waals surface area contributed by atoms with Gasteiger partial charge >= 0.3 is 0 Å². The average molecular weight is 229 g/mol. The lowest BCUT2D eigenvalue weighted by molar-refractivity contribution is 0.614. The van der Waals surface area contributed by atoms with Gasteiger partial charge in [0.25, 0.3) is 0 Å². The van der Waals surface area contributed by atoms with Gasteiger partial charge in [0.05, 0.1) is 17.1 Å². The number of nitrogens with one attached hydrogen (secondary N) is 2. The van der Waals surface area contributed by atoms with Crippen LogP contribution in [-0.2, 0) is 0 Å². The molecule has 90 valence electrons. The molecule has 1 aromatic heterocycles. The van der Waals surface area contributed by atoms with Crippen LogP contribution in [0.3, 0.4) is 0 Å². The normalized spacial score (nSPS) is 20.5. The maximum Gasteiger partial charge on any atom is 0.124 e. The predicted octanol–water partition coefficient (Wildman–Crippen LogP) is 3.11. The van der Waals surface area contributed by atoms with Gasteiger partial charge in [-0.25, -0.2) is 4.98 Å². The molecule has 17 heavy (non-hydrogen) atoms. The smallest absolute Gasteiger partial charge is 0.124 e. The van der Waals surface area contributed by atoms with E-state index in [4.69, 9.17) is 4.98 Å². The minimum atomic E-state index is 0.419. The minimum absolute atomic E-state index is 0.419. The molecule has 0 amide bonds.